The van der Waals surface area contributed by atoms with Crippen LogP contribution in [0, 0.1) is 11.8 Å². The zero-order valence-electron chi connectivity index (χ0n) is 22.1. The summed E-state index contributed by atoms with van der Waals surface area (Å²) in [4.78, 5) is 12.0. The summed E-state index contributed by atoms with van der Waals surface area (Å²) in [6.07, 6.45) is 6.68. The van der Waals surface area contributed by atoms with Crippen molar-refractivity contribution in [3.8, 4) is 11.8 Å². The molecule has 2 aliphatic carbocycles. The normalized spacial score (nSPS) is 23.4. The Morgan fingerprint density at radius 1 is 0.824 bits per heavy atom. The van der Waals surface area contributed by atoms with Gasteiger partial charge in [-0.1, -0.05) is 66.4 Å². The van der Waals surface area contributed by atoms with Gasteiger partial charge in [-0.3, -0.25) is 4.79 Å². The first-order chi connectivity index (χ1) is 15.8. The molecule has 0 fully saturated rings. The summed E-state index contributed by atoms with van der Waals surface area (Å²) in [6.45, 7) is 16.3. The molecular weight excluding hydrogens is 432 g/mol. The Bertz CT molecular complexity index is 1190. The molecule has 0 bridgehead atoms. The SMILES string of the molecule is CC1(C)CCC(C)(C)c2cc(C=O)c(C#Cc3ccc4c(c3)C(C)(CCCS)CC4(C)C)cc21. The molecule has 2 aliphatic rings. The maximum Gasteiger partial charge on any atom is 0.151 e. The molecule has 2 aromatic rings. The Morgan fingerprint density at radius 2 is 1.47 bits per heavy atom. The molecule has 0 saturated carbocycles. The molecule has 0 saturated heterocycles. The number of hydrogen-bond donors (Lipinski definition) is 1. The standard InChI is InChI=1S/C32H40OS/c1-29(2)14-15-30(3,4)27-19-24(20-33)23(18-26(27)29)11-9-22-10-12-25-28(17-22)32(7,13-8-16-34)21-31(25,5)6/h10,12,17-20,34H,8,13-16,21H2,1-7H3. The summed E-state index contributed by atoms with van der Waals surface area (Å²) < 4.78 is 0. The first-order valence-electron chi connectivity index (χ1n) is 12.8. The highest BCUT2D eigenvalue weighted by molar-refractivity contribution is 7.80. The molecule has 0 amide bonds. The van der Waals surface area contributed by atoms with Crippen molar-refractivity contribution in [1.29, 1.82) is 0 Å². The van der Waals surface area contributed by atoms with Crippen molar-refractivity contribution in [2.75, 3.05) is 5.75 Å². The van der Waals surface area contributed by atoms with Crippen molar-refractivity contribution in [2.45, 2.75) is 102 Å². The van der Waals surface area contributed by atoms with Gasteiger partial charge in [-0.05, 0) is 106 Å². The number of aldehydes is 1. The van der Waals surface area contributed by atoms with Crippen LogP contribution in [0.4, 0.5) is 0 Å². The lowest BCUT2D eigenvalue weighted by Gasteiger charge is -2.42. The molecule has 1 nitrogen and oxygen atoms in total. The Balaban J connectivity index is 1.78. The van der Waals surface area contributed by atoms with E-state index in [4.69, 9.17) is 0 Å². The number of rotatable bonds is 4. The molecule has 0 radical (unpaired) electrons. The molecule has 0 heterocycles. The fourth-order valence-electron chi connectivity index (χ4n) is 6.55. The lowest BCUT2D eigenvalue weighted by molar-refractivity contribution is 0.112. The zero-order chi connectivity index (χ0) is 24.9. The van der Waals surface area contributed by atoms with Crippen LogP contribution in [0.5, 0.6) is 0 Å². The quantitative estimate of drug-likeness (QED) is 0.272. The topological polar surface area (TPSA) is 17.1 Å². The van der Waals surface area contributed by atoms with Crippen LogP contribution < -0.4 is 0 Å². The van der Waals surface area contributed by atoms with Crippen LogP contribution >= 0.6 is 12.6 Å². The second kappa shape index (κ2) is 8.60. The van der Waals surface area contributed by atoms with Gasteiger partial charge in [0.25, 0.3) is 0 Å². The molecule has 1 atom stereocenters. The maximum absolute atomic E-state index is 12.0. The van der Waals surface area contributed by atoms with E-state index in [2.05, 4.69) is 103 Å². The van der Waals surface area contributed by atoms with E-state index in [1.54, 1.807) is 0 Å². The minimum absolute atomic E-state index is 0.0822. The summed E-state index contributed by atoms with van der Waals surface area (Å²) in [7, 11) is 0. The molecule has 180 valence electrons. The van der Waals surface area contributed by atoms with Gasteiger partial charge in [-0.15, -0.1) is 0 Å². The Labute approximate surface area is 212 Å². The lowest BCUT2D eigenvalue weighted by atomic mass is 9.62. The van der Waals surface area contributed by atoms with Crippen LogP contribution in [0.15, 0.2) is 30.3 Å². The number of fused-ring (bicyclic) bond motifs is 2. The van der Waals surface area contributed by atoms with Gasteiger partial charge in [-0.2, -0.15) is 12.6 Å². The van der Waals surface area contributed by atoms with E-state index >= 15 is 0 Å². The summed E-state index contributed by atoms with van der Waals surface area (Å²) in [5.74, 6) is 7.72. The van der Waals surface area contributed by atoms with Gasteiger partial charge < -0.3 is 0 Å². The Morgan fingerprint density at radius 3 is 2.09 bits per heavy atom. The van der Waals surface area contributed by atoms with Crippen molar-refractivity contribution in [3.63, 3.8) is 0 Å². The van der Waals surface area contributed by atoms with Gasteiger partial charge >= 0.3 is 0 Å². The third-order valence-electron chi connectivity index (χ3n) is 8.61. The fourth-order valence-corrected chi connectivity index (χ4v) is 6.70. The van der Waals surface area contributed by atoms with Gasteiger partial charge in [-0.25, -0.2) is 0 Å². The fraction of sp³-hybridized carbons (Fsp3) is 0.531. The molecule has 0 spiro atoms. The zero-order valence-corrected chi connectivity index (χ0v) is 23.0. The average molecular weight is 473 g/mol. The number of benzene rings is 2. The van der Waals surface area contributed by atoms with E-state index in [1.807, 2.05) is 0 Å². The highest BCUT2D eigenvalue weighted by Crippen LogP contribution is 2.52. The predicted octanol–water partition coefficient (Wildman–Crippen LogP) is 7.90. The largest absolute Gasteiger partial charge is 0.298 e. The molecular formula is C32H40OS. The molecule has 1 unspecified atom stereocenters. The molecule has 4 rings (SSSR count). The minimum atomic E-state index is 0.0822. The second-order valence-corrected chi connectivity index (χ2v) is 13.3. The van der Waals surface area contributed by atoms with Crippen LogP contribution in [-0.4, -0.2) is 12.0 Å². The van der Waals surface area contributed by atoms with Gasteiger partial charge in [0.05, 0.1) is 0 Å². The molecule has 34 heavy (non-hydrogen) atoms. The Kier molecular flexibility index (Phi) is 6.35. The smallest absolute Gasteiger partial charge is 0.151 e. The highest BCUT2D eigenvalue weighted by atomic mass is 32.1. The van der Waals surface area contributed by atoms with Crippen LogP contribution in [0.3, 0.4) is 0 Å². The number of hydrogen-bond acceptors (Lipinski definition) is 2. The monoisotopic (exact) mass is 472 g/mol. The maximum atomic E-state index is 12.0. The Hall–Kier alpha value is -1.98. The number of thiol groups is 1. The molecule has 2 heteroatoms. The first kappa shape index (κ1) is 25.1. The molecule has 2 aromatic carbocycles. The van der Waals surface area contributed by atoms with Crippen molar-refractivity contribution in [2.24, 2.45) is 0 Å². The molecule has 0 aliphatic heterocycles. The average Bonchev–Trinajstić information content (AvgIpc) is 2.98. The van der Waals surface area contributed by atoms with E-state index in [1.165, 1.54) is 22.3 Å². The van der Waals surface area contributed by atoms with E-state index in [9.17, 15) is 4.79 Å². The van der Waals surface area contributed by atoms with Gasteiger partial charge in [0, 0.05) is 16.7 Å². The van der Waals surface area contributed by atoms with Crippen LogP contribution in [-0.2, 0) is 21.7 Å². The van der Waals surface area contributed by atoms with Crippen molar-refractivity contribution in [3.05, 3.63) is 69.3 Å². The van der Waals surface area contributed by atoms with Gasteiger partial charge in [0.2, 0.25) is 0 Å². The lowest BCUT2D eigenvalue weighted by Crippen LogP contribution is -2.34. The van der Waals surface area contributed by atoms with E-state index in [-0.39, 0.29) is 21.7 Å². The van der Waals surface area contributed by atoms with Crippen molar-refractivity contribution in [1.82, 2.24) is 0 Å². The predicted molar refractivity (Wildman–Crippen MR) is 148 cm³/mol. The summed E-state index contributed by atoms with van der Waals surface area (Å²) in [5, 5.41) is 0. The summed E-state index contributed by atoms with van der Waals surface area (Å²) in [5.41, 5.74) is 8.63. The third-order valence-corrected chi connectivity index (χ3v) is 8.93. The van der Waals surface area contributed by atoms with Gasteiger partial charge in [0.1, 0.15) is 0 Å². The van der Waals surface area contributed by atoms with E-state index < -0.39 is 0 Å². The van der Waals surface area contributed by atoms with Crippen LogP contribution in [0.2, 0.25) is 0 Å². The van der Waals surface area contributed by atoms with Crippen molar-refractivity contribution >= 4 is 18.9 Å². The van der Waals surface area contributed by atoms with Crippen LogP contribution in [0.25, 0.3) is 0 Å². The van der Waals surface area contributed by atoms with Crippen LogP contribution in [0.1, 0.15) is 124 Å². The van der Waals surface area contributed by atoms with E-state index in [0.717, 1.165) is 55.3 Å². The van der Waals surface area contributed by atoms with E-state index in [0.29, 0.717) is 5.56 Å². The molecule has 0 N–H and O–H groups in total. The summed E-state index contributed by atoms with van der Waals surface area (Å²) >= 11 is 4.46. The summed E-state index contributed by atoms with van der Waals surface area (Å²) in [6, 6.07) is 11.0. The van der Waals surface area contributed by atoms with Gasteiger partial charge in [0.15, 0.2) is 6.29 Å². The minimum Gasteiger partial charge on any atom is -0.298 e. The highest BCUT2D eigenvalue weighted by Gasteiger charge is 2.44. The first-order valence-corrected chi connectivity index (χ1v) is 13.4. The second-order valence-electron chi connectivity index (χ2n) is 12.8. The number of carbonyl (C=O) groups is 1. The third kappa shape index (κ3) is 4.37. The number of carbonyl (C=O) groups excluding carboxylic acids is 1. The van der Waals surface area contributed by atoms with Crippen molar-refractivity contribution < 1.29 is 4.79 Å². The molecule has 0 aromatic heterocycles.